The molecule has 0 aliphatic carbocycles. The Morgan fingerprint density at radius 2 is 2.18 bits per heavy atom. The van der Waals surface area contributed by atoms with E-state index in [4.69, 9.17) is 9.84 Å². The molecule has 6 nitrogen and oxygen atoms in total. The minimum Gasteiger partial charge on any atom is -0.477 e. The van der Waals surface area contributed by atoms with Crippen molar-refractivity contribution in [2.75, 3.05) is 0 Å². The lowest BCUT2D eigenvalue weighted by Gasteiger charge is -2.07. The molecule has 1 N–H and O–H groups in total. The Morgan fingerprint density at radius 1 is 1.35 bits per heavy atom. The lowest BCUT2D eigenvalue weighted by molar-refractivity contribution is 0.0693. The van der Waals surface area contributed by atoms with Crippen LogP contribution in [0, 0.1) is 6.92 Å². The highest BCUT2D eigenvalue weighted by molar-refractivity contribution is 5.90. The number of pyridine rings is 1. The van der Waals surface area contributed by atoms with Crippen LogP contribution in [0.25, 0.3) is 0 Å². The summed E-state index contributed by atoms with van der Waals surface area (Å²) in [6.07, 6.45) is 2.92. The van der Waals surface area contributed by atoms with Gasteiger partial charge in [-0.15, -0.1) is 5.10 Å². The van der Waals surface area contributed by atoms with Crippen molar-refractivity contribution in [3.8, 4) is 11.6 Å². The largest absolute Gasteiger partial charge is 0.477 e. The average Bonchev–Trinajstić information content (AvgIpc) is 2.32. The van der Waals surface area contributed by atoms with E-state index in [0.29, 0.717) is 11.4 Å². The number of hydrogen-bond donors (Lipinski definition) is 1. The van der Waals surface area contributed by atoms with Gasteiger partial charge >= 0.3 is 5.97 Å². The molecule has 0 aliphatic heterocycles. The van der Waals surface area contributed by atoms with Crippen LogP contribution in [0.4, 0.5) is 0 Å². The highest BCUT2D eigenvalue weighted by Crippen LogP contribution is 2.23. The first-order valence-corrected chi connectivity index (χ1v) is 4.83. The van der Waals surface area contributed by atoms with E-state index in [1.54, 1.807) is 25.3 Å². The standard InChI is InChI=1S/C11H9N3O3/c1-7-9(3-2-5-12-7)17-10-8(11(15)16)4-6-13-14-10/h2-6H,1H3,(H,15,16). The minimum atomic E-state index is -1.11. The first-order chi connectivity index (χ1) is 8.18. The molecule has 0 aliphatic rings. The number of aromatic nitrogens is 3. The van der Waals surface area contributed by atoms with Crippen LogP contribution in [-0.4, -0.2) is 26.3 Å². The molecule has 0 bridgehead atoms. The van der Waals surface area contributed by atoms with Crippen molar-refractivity contribution in [3.63, 3.8) is 0 Å². The highest BCUT2D eigenvalue weighted by Gasteiger charge is 2.14. The summed E-state index contributed by atoms with van der Waals surface area (Å²) in [7, 11) is 0. The zero-order valence-electron chi connectivity index (χ0n) is 8.99. The molecular formula is C11H9N3O3. The normalized spacial score (nSPS) is 9.94. The number of nitrogens with zero attached hydrogens (tertiary/aromatic N) is 3. The van der Waals surface area contributed by atoms with Gasteiger partial charge in [0.1, 0.15) is 5.56 Å². The van der Waals surface area contributed by atoms with E-state index in [9.17, 15) is 4.79 Å². The van der Waals surface area contributed by atoms with Crippen molar-refractivity contribution in [2.45, 2.75) is 6.92 Å². The number of aryl methyl sites for hydroxylation is 1. The lowest BCUT2D eigenvalue weighted by Crippen LogP contribution is -2.03. The maximum atomic E-state index is 10.9. The van der Waals surface area contributed by atoms with Gasteiger partial charge in [-0.2, -0.15) is 5.10 Å². The Bertz CT molecular complexity index is 557. The minimum absolute atomic E-state index is 0.0387. The van der Waals surface area contributed by atoms with Crippen LogP contribution in [0.15, 0.2) is 30.6 Å². The second kappa shape index (κ2) is 4.56. The van der Waals surface area contributed by atoms with Crippen molar-refractivity contribution in [2.24, 2.45) is 0 Å². The maximum absolute atomic E-state index is 10.9. The zero-order chi connectivity index (χ0) is 12.3. The molecule has 0 radical (unpaired) electrons. The summed E-state index contributed by atoms with van der Waals surface area (Å²) < 4.78 is 5.38. The predicted octanol–water partition coefficient (Wildman–Crippen LogP) is 1.67. The van der Waals surface area contributed by atoms with E-state index in [1.165, 1.54) is 12.3 Å². The molecule has 0 fully saturated rings. The third kappa shape index (κ3) is 2.36. The first kappa shape index (κ1) is 11.0. The van der Waals surface area contributed by atoms with E-state index in [-0.39, 0.29) is 11.4 Å². The molecule has 0 amide bonds. The van der Waals surface area contributed by atoms with E-state index in [1.807, 2.05) is 0 Å². The topological polar surface area (TPSA) is 85.2 Å². The molecular weight excluding hydrogens is 222 g/mol. The predicted molar refractivity (Wildman–Crippen MR) is 58.0 cm³/mol. The first-order valence-electron chi connectivity index (χ1n) is 4.83. The van der Waals surface area contributed by atoms with Gasteiger partial charge in [-0.1, -0.05) is 0 Å². The highest BCUT2D eigenvalue weighted by atomic mass is 16.5. The summed E-state index contributed by atoms with van der Waals surface area (Å²) in [6, 6.07) is 4.71. The number of carboxylic acids is 1. The van der Waals surface area contributed by atoms with Crippen molar-refractivity contribution < 1.29 is 14.6 Å². The van der Waals surface area contributed by atoms with Gasteiger partial charge in [0.2, 0.25) is 0 Å². The molecule has 2 rings (SSSR count). The van der Waals surface area contributed by atoms with Crippen LogP contribution in [0.5, 0.6) is 11.6 Å². The summed E-state index contributed by atoms with van der Waals surface area (Å²) >= 11 is 0. The Kier molecular flexibility index (Phi) is 2.95. The van der Waals surface area contributed by atoms with Gasteiger partial charge in [0, 0.05) is 6.20 Å². The van der Waals surface area contributed by atoms with Gasteiger partial charge in [0.15, 0.2) is 5.75 Å². The fraction of sp³-hybridized carbons (Fsp3) is 0.0909. The quantitative estimate of drug-likeness (QED) is 0.864. The van der Waals surface area contributed by atoms with Crippen molar-refractivity contribution in [3.05, 3.63) is 41.9 Å². The van der Waals surface area contributed by atoms with Crippen molar-refractivity contribution in [1.29, 1.82) is 0 Å². The molecule has 17 heavy (non-hydrogen) atoms. The van der Waals surface area contributed by atoms with Gasteiger partial charge in [0.25, 0.3) is 5.88 Å². The Hall–Kier alpha value is -2.50. The van der Waals surface area contributed by atoms with Gasteiger partial charge in [-0.25, -0.2) is 4.79 Å². The van der Waals surface area contributed by atoms with Gasteiger partial charge in [-0.3, -0.25) is 4.98 Å². The van der Waals surface area contributed by atoms with Crippen molar-refractivity contribution >= 4 is 5.97 Å². The molecule has 2 aromatic heterocycles. The molecule has 0 unspecified atom stereocenters. The summed E-state index contributed by atoms with van der Waals surface area (Å²) in [6.45, 7) is 1.76. The number of ether oxygens (including phenoxy) is 1. The third-order valence-electron chi connectivity index (χ3n) is 2.08. The monoisotopic (exact) mass is 231 g/mol. The van der Waals surface area contributed by atoms with Crippen LogP contribution >= 0.6 is 0 Å². The van der Waals surface area contributed by atoms with Gasteiger partial charge in [0.05, 0.1) is 11.9 Å². The summed E-state index contributed by atoms with van der Waals surface area (Å²) in [5.74, 6) is -0.706. The Balaban J connectivity index is 2.37. The molecule has 2 aromatic rings. The SMILES string of the molecule is Cc1ncccc1Oc1nnccc1C(=O)O. The fourth-order valence-corrected chi connectivity index (χ4v) is 1.24. The van der Waals surface area contributed by atoms with E-state index in [2.05, 4.69) is 15.2 Å². The number of hydrogen-bond acceptors (Lipinski definition) is 5. The molecule has 0 saturated carbocycles. The average molecular weight is 231 g/mol. The molecule has 6 heteroatoms. The zero-order valence-corrected chi connectivity index (χ0v) is 8.99. The summed E-state index contributed by atoms with van der Waals surface area (Å²) in [5.41, 5.74) is 0.609. The number of carbonyl (C=O) groups is 1. The second-order valence-corrected chi connectivity index (χ2v) is 3.24. The van der Waals surface area contributed by atoms with Crippen LogP contribution in [0.3, 0.4) is 0 Å². The Labute approximate surface area is 96.9 Å². The number of aromatic carboxylic acids is 1. The van der Waals surface area contributed by atoms with E-state index in [0.717, 1.165) is 0 Å². The molecule has 0 atom stereocenters. The van der Waals surface area contributed by atoms with E-state index < -0.39 is 5.97 Å². The van der Waals surface area contributed by atoms with Crippen molar-refractivity contribution in [1.82, 2.24) is 15.2 Å². The number of carboxylic acid groups (broad SMARTS) is 1. The fourth-order valence-electron chi connectivity index (χ4n) is 1.24. The molecule has 0 aromatic carbocycles. The maximum Gasteiger partial charge on any atom is 0.341 e. The lowest BCUT2D eigenvalue weighted by atomic mass is 10.3. The molecule has 0 spiro atoms. The molecule has 86 valence electrons. The second-order valence-electron chi connectivity index (χ2n) is 3.24. The van der Waals surface area contributed by atoms with Crippen LogP contribution in [0.1, 0.15) is 16.1 Å². The van der Waals surface area contributed by atoms with E-state index >= 15 is 0 Å². The third-order valence-corrected chi connectivity index (χ3v) is 2.08. The van der Waals surface area contributed by atoms with Gasteiger partial charge in [-0.05, 0) is 25.1 Å². The molecule has 2 heterocycles. The van der Waals surface area contributed by atoms with Gasteiger partial charge < -0.3 is 9.84 Å². The molecule has 0 saturated heterocycles. The van der Waals surface area contributed by atoms with Crippen LogP contribution in [-0.2, 0) is 0 Å². The number of rotatable bonds is 3. The summed E-state index contributed by atoms with van der Waals surface area (Å²) in [4.78, 5) is 15.0. The Morgan fingerprint density at radius 3 is 2.88 bits per heavy atom. The summed E-state index contributed by atoms with van der Waals surface area (Å²) in [5, 5.41) is 16.2. The van der Waals surface area contributed by atoms with Crippen LogP contribution in [0.2, 0.25) is 0 Å². The smallest absolute Gasteiger partial charge is 0.341 e. The van der Waals surface area contributed by atoms with Crippen LogP contribution < -0.4 is 4.74 Å².